The molecule has 0 aliphatic heterocycles. The number of rotatable bonds is 4. The molecule has 1 rings (SSSR count). The molecule has 1 unspecified atom stereocenters. The standard InChI is InChI=1S/C11H13ClO/c1-9(8-13)5-6-10-3-2-4-11(12)7-10/h2-4,7-9H,5-6H2,1H3. The Balaban J connectivity index is 2.49. The van der Waals surface area contributed by atoms with Crippen LogP contribution in [-0.4, -0.2) is 6.29 Å². The first-order valence-corrected chi connectivity index (χ1v) is 4.80. The summed E-state index contributed by atoms with van der Waals surface area (Å²) in [5, 5.41) is 0.760. The third-order valence-corrected chi connectivity index (χ3v) is 2.24. The molecule has 0 aliphatic rings. The third-order valence-electron chi connectivity index (χ3n) is 2.01. The van der Waals surface area contributed by atoms with Gasteiger partial charge in [0.1, 0.15) is 6.29 Å². The van der Waals surface area contributed by atoms with Crippen molar-refractivity contribution in [3.05, 3.63) is 34.9 Å². The van der Waals surface area contributed by atoms with E-state index in [1.807, 2.05) is 31.2 Å². The van der Waals surface area contributed by atoms with Gasteiger partial charge in [0.05, 0.1) is 0 Å². The van der Waals surface area contributed by atoms with Crippen LogP contribution in [0.2, 0.25) is 5.02 Å². The van der Waals surface area contributed by atoms with Crippen LogP contribution in [0, 0.1) is 5.92 Å². The van der Waals surface area contributed by atoms with E-state index in [0.717, 1.165) is 24.2 Å². The highest BCUT2D eigenvalue weighted by Gasteiger charge is 2.00. The van der Waals surface area contributed by atoms with Gasteiger partial charge in [-0.25, -0.2) is 0 Å². The first-order chi connectivity index (χ1) is 6.22. The fraction of sp³-hybridized carbons (Fsp3) is 0.364. The minimum atomic E-state index is 0.138. The summed E-state index contributed by atoms with van der Waals surface area (Å²) in [6.07, 6.45) is 2.80. The van der Waals surface area contributed by atoms with E-state index in [4.69, 9.17) is 11.6 Å². The van der Waals surface area contributed by atoms with Gasteiger partial charge in [0.25, 0.3) is 0 Å². The van der Waals surface area contributed by atoms with Gasteiger partial charge in [-0.3, -0.25) is 0 Å². The van der Waals surface area contributed by atoms with Crippen molar-refractivity contribution in [2.75, 3.05) is 0 Å². The van der Waals surface area contributed by atoms with Crippen molar-refractivity contribution in [2.24, 2.45) is 5.92 Å². The summed E-state index contributed by atoms with van der Waals surface area (Å²) in [7, 11) is 0. The third kappa shape index (κ3) is 3.60. The van der Waals surface area contributed by atoms with Crippen LogP contribution in [0.1, 0.15) is 18.9 Å². The van der Waals surface area contributed by atoms with Crippen molar-refractivity contribution in [1.29, 1.82) is 0 Å². The largest absolute Gasteiger partial charge is 0.303 e. The van der Waals surface area contributed by atoms with E-state index < -0.39 is 0 Å². The number of carbonyl (C=O) groups is 1. The molecular formula is C11H13ClO. The molecule has 1 nitrogen and oxygen atoms in total. The average Bonchev–Trinajstić information content (AvgIpc) is 2.14. The van der Waals surface area contributed by atoms with Crippen LogP contribution >= 0.6 is 11.6 Å². The van der Waals surface area contributed by atoms with Crippen LogP contribution in [0.4, 0.5) is 0 Å². The summed E-state index contributed by atoms with van der Waals surface area (Å²) in [6.45, 7) is 1.93. The molecule has 1 aromatic carbocycles. The molecule has 13 heavy (non-hydrogen) atoms. The maximum atomic E-state index is 10.4. The minimum Gasteiger partial charge on any atom is -0.303 e. The lowest BCUT2D eigenvalue weighted by atomic mass is 10.0. The van der Waals surface area contributed by atoms with Crippen LogP contribution in [-0.2, 0) is 11.2 Å². The highest BCUT2D eigenvalue weighted by molar-refractivity contribution is 6.30. The van der Waals surface area contributed by atoms with Crippen LogP contribution in [0.25, 0.3) is 0 Å². The summed E-state index contributed by atoms with van der Waals surface area (Å²) in [5.74, 6) is 0.138. The first-order valence-electron chi connectivity index (χ1n) is 4.42. The van der Waals surface area contributed by atoms with Gasteiger partial charge >= 0.3 is 0 Å². The molecule has 0 saturated heterocycles. The summed E-state index contributed by atoms with van der Waals surface area (Å²) in [4.78, 5) is 10.4. The topological polar surface area (TPSA) is 17.1 Å². The van der Waals surface area contributed by atoms with Crippen LogP contribution in [0.3, 0.4) is 0 Å². The molecule has 1 atom stereocenters. The molecule has 0 N–H and O–H groups in total. The Morgan fingerprint density at radius 2 is 2.31 bits per heavy atom. The number of aryl methyl sites for hydroxylation is 1. The Morgan fingerprint density at radius 1 is 1.54 bits per heavy atom. The number of carbonyl (C=O) groups excluding carboxylic acids is 1. The molecule has 2 heteroatoms. The molecule has 0 heterocycles. The highest BCUT2D eigenvalue weighted by Crippen LogP contribution is 2.13. The zero-order valence-corrected chi connectivity index (χ0v) is 8.42. The molecule has 0 bridgehead atoms. The van der Waals surface area contributed by atoms with E-state index in [1.54, 1.807) is 0 Å². The highest BCUT2D eigenvalue weighted by atomic mass is 35.5. The Hall–Kier alpha value is -0.820. The Labute approximate surface area is 83.7 Å². The average molecular weight is 197 g/mol. The molecule has 70 valence electrons. The fourth-order valence-corrected chi connectivity index (χ4v) is 1.37. The number of aldehydes is 1. The van der Waals surface area contributed by atoms with Crippen molar-refractivity contribution in [3.63, 3.8) is 0 Å². The fourth-order valence-electron chi connectivity index (χ4n) is 1.15. The maximum Gasteiger partial charge on any atom is 0.122 e. The number of halogens is 1. The van der Waals surface area contributed by atoms with Gasteiger partial charge < -0.3 is 4.79 Å². The van der Waals surface area contributed by atoms with Gasteiger partial charge in [0.15, 0.2) is 0 Å². The Morgan fingerprint density at radius 3 is 2.92 bits per heavy atom. The Kier molecular flexibility index (Phi) is 3.97. The smallest absolute Gasteiger partial charge is 0.122 e. The molecular weight excluding hydrogens is 184 g/mol. The quantitative estimate of drug-likeness (QED) is 0.677. The second-order valence-electron chi connectivity index (χ2n) is 3.28. The SMILES string of the molecule is CC(C=O)CCc1cccc(Cl)c1. The van der Waals surface area contributed by atoms with E-state index >= 15 is 0 Å². The lowest BCUT2D eigenvalue weighted by molar-refractivity contribution is -0.110. The molecule has 0 radical (unpaired) electrons. The normalized spacial score (nSPS) is 12.5. The molecule has 0 aliphatic carbocycles. The van der Waals surface area contributed by atoms with Crippen LogP contribution < -0.4 is 0 Å². The number of hydrogen-bond acceptors (Lipinski definition) is 1. The molecule has 0 spiro atoms. The second kappa shape index (κ2) is 5.03. The maximum absolute atomic E-state index is 10.4. The second-order valence-corrected chi connectivity index (χ2v) is 3.72. The van der Waals surface area contributed by atoms with Gasteiger partial charge in [-0.05, 0) is 30.5 Å². The predicted octanol–water partition coefficient (Wildman–Crippen LogP) is 3.11. The van der Waals surface area contributed by atoms with E-state index in [2.05, 4.69) is 0 Å². The minimum absolute atomic E-state index is 0.138. The zero-order valence-electron chi connectivity index (χ0n) is 7.66. The van der Waals surface area contributed by atoms with Crippen LogP contribution in [0.5, 0.6) is 0 Å². The monoisotopic (exact) mass is 196 g/mol. The summed E-state index contributed by atoms with van der Waals surface area (Å²) in [6, 6.07) is 7.76. The van der Waals surface area contributed by atoms with Crippen molar-refractivity contribution >= 4 is 17.9 Å². The molecule has 0 fully saturated rings. The molecule has 1 aromatic rings. The number of hydrogen-bond donors (Lipinski definition) is 0. The van der Waals surface area contributed by atoms with Crippen molar-refractivity contribution in [1.82, 2.24) is 0 Å². The van der Waals surface area contributed by atoms with Gasteiger partial charge in [-0.15, -0.1) is 0 Å². The van der Waals surface area contributed by atoms with Gasteiger partial charge in [-0.2, -0.15) is 0 Å². The van der Waals surface area contributed by atoms with Gasteiger partial charge in [-0.1, -0.05) is 30.7 Å². The summed E-state index contributed by atoms with van der Waals surface area (Å²) < 4.78 is 0. The van der Waals surface area contributed by atoms with Crippen molar-refractivity contribution in [3.8, 4) is 0 Å². The van der Waals surface area contributed by atoms with Crippen molar-refractivity contribution in [2.45, 2.75) is 19.8 Å². The van der Waals surface area contributed by atoms with Gasteiger partial charge in [0.2, 0.25) is 0 Å². The number of benzene rings is 1. The van der Waals surface area contributed by atoms with Crippen LogP contribution in [0.15, 0.2) is 24.3 Å². The first kappa shape index (κ1) is 10.3. The van der Waals surface area contributed by atoms with E-state index in [1.165, 1.54) is 5.56 Å². The lowest BCUT2D eigenvalue weighted by Gasteiger charge is -2.03. The summed E-state index contributed by atoms with van der Waals surface area (Å²) in [5.41, 5.74) is 1.20. The van der Waals surface area contributed by atoms with Crippen molar-refractivity contribution < 1.29 is 4.79 Å². The predicted molar refractivity (Wildman–Crippen MR) is 55.0 cm³/mol. The molecule has 0 aromatic heterocycles. The Bertz CT molecular complexity index is 283. The molecule has 0 saturated carbocycles. The van der Waals surface area contributed by atoms with E-state index in [0.29, 0.717) is 0 Å². The van der Waals surface area contributed by atoms with E-state index in [-0.39, 0.29) is 5.92 Å². The van der Waals surface area contributed by atoms with Gasteiger partial charge in [0, 0.05) is 10.9 Å². The summed E-state index contributed by atoms with van der Waals surface area (Å²) >= 11 is 5.82. The lowest BCUT2D eigenvalue weighted by Crippen LogP contribution is -1.97. The molecule has 0 amide bonds. The van der Waals surface area contributed by atoms with E-state index in [9.17, 15) is 4.79 Å². The zero-order chi connectivity index (χ0) is 9.68.